The van der Waals surface area contributed by atoms with E-state index in [-0.39, 0.29) is 5.41 Å². The molecule has 0 unspecified atom stereocenters. The van der Waals surface area contributed by atoms with Gasteiger partial charge < -0.3 is 4.90 Å². The highest BCUT2D eigenvalue weighted by molar-refractivity contribution is 6.19. The first-order valence-electron chi connectivity index (χ1n) is 17.5. The van der Waals surface area contributed by atoms with Gasteiger partial charge in [-0.2, -0.15) is 0 Å². The summed E-state index contributed by atoms with van der Waals surface area (Å²) in [4.78, 5) is 2.44. The van der Waals surface area contributed by atoms with Gasteiger partial charge >= 0.3 is 0 Å². The van der Waals surface area contributed by atoms with E-state index in [1.54, 1.807) is 0 Å². The second-order valence-corrected chi connectivity index (χ2v) is 14.1. The van der Waals surface area contributed by atoms with Gasteiger partial charge in [0.15, 0.2) is 0 Å². The number of hydrogen-bond donors (Lipinski definition) is 0. The summed E-state index contributed by atoms with van der Waals surface area (Å²) >= 11 is 0. The molecule has 0 N–H and O–H groups in total. The van der Waals surface area contributed by atoms with Crippen LogP contribution in [0.3, 0.4) is 0 Å². The lowest BCUT2D eigenvalue weighted by atomic mass is 9.81. The highest BCUT2D eigenvalue weighted by atomic mass is 15.1. The van der Waals surface area contributed by atoms with Crippen molar-refractivity contribution < 1.29 is 0 Å². The van der Waals surface area contributed by atoms with Crippen molar-refractivity contribution in [1.82, 2.24) is 0 Å². The van der Waals surface area contributed by atoms with Crippen molar-refractivity contribution in [1.29, 1.82) is 0 Å². The maximum absolute atomic E-state index is 2.44. The Bertz CT molecular complexity index is 2590. The van der Waals surface area contributed by atoms with Gasteiger partial charge in [-0.1, -0.05) is 153 Å². The van der Waals surface area contributed by atoms with Crippen LogP contribution in [-0.2, 0) is 5.41 Å². The van der Waals surface area contributed by atoms with Gasteiger partial charge in [-0.25, -0.2) is 0 Å². The number of benzene rings is 8. The molecule has 0 saturated carbocycles. The van der Waals surface area contributed by atoms with Crippen molar-refractivity contribution in [3.05, 3.63) is 187 Å². The van der Waals surface area contributed by atoms with Gasteiger partial charge in [0, 0.05) is 22.4 Å². The largest absolute Gasteiger partial charge is 0.310 e. The molecule has 2 aliphatic rings. The summed E-state index contributed by atoms with van der Waals surface area (Å²) in [5.41, 5.74) is 19.0. The van der Waals surface area contributed by atoms with Crippen LogP contribution in [-0.4, -0.2) is 0 Å². The molecule has 0 aliphatic heterocycles. The third kappa shape index (κ3) is 4.27. The summed E-state index contributed by atoms with van der Waals surface area (Å²) in [5, 5.41) is 2.60. The minimum Gasteiger partial charge on any atom is -0.310 e. The first kappa shape index (κ1) is 28.8. The van der Waals surface area contributed by atoms with Crippen molar-refractivity contribution in [3.63, 3.8) is 0 Å². The van der Waals surface area contributed by atoms with Crippen LogP contribution in [0, 0.1) is 0 Å². The Morgan fingerprint density at radius 3 is 1.68 bits per heavy atom. The predicted octanol–water partition coefficient (Wildman–Crippen LogP) is 13.6. The van der Waals surface area contributed by atoms with Crippen LogP contribution in [0.4, 0.5) is 17.1 Å². The summed E-state index contributed by atoms with van der Waals surface area (Å²) in [6.45, 7) is 4.70. The lowest BCUT2D eigenvalue weighted by Gasteiger charge is -2.28. The Kier molecular flexibility index (Phi) is 6.29. The molecule has 8 aromatic rings. The quantitative estimate of drug-likeness (QED) is 0.181. The average Bonchev–Trinajstić information content (AvgIpc) is 3.63. The first-order valence-corrected chi connectivity index (χ1v) is 17.5. The van der Waals surface area contributed by atoms with Crippen molar-refractivity contribution in [2.24, 2.45) is 0 Å². The molecule has 50 heavy (non-hydrogen) atoms. The Hall–Kier alpha value is -6.18. The fraction of sp³-hybridized carbons (Fsp3) is 0.0612. The molecular formula is C49H35N. The van der Waals surface area contributed by atoms with E-state index in [0.717, 1.165) is 11.4 Å². The van der Waals surface area contributed by atoms with Crippen LogP contribution in [0.1, 0.15) is 25.0 Å². The molecule has 10 rings (SSSR count). The number of nitrogens with zero attached hydrogens (tertiary/aromatic N) is 1. The van der Waals surface area contributed by atoms with Crippen molar-refractivity contribution >= 4 is 27.8 Å². The van der Waals surface area contributed by atoms with Crippen LogP contribution in [0.2, 0.25) is 0 Å². The topological polar surface area (TPSA) is 3.24 Å². The molecule has 8 aromatic carbocycles. The van der Waals surface area contributed by atoms with E-state index < -0.39 is 0 Å². The fourth-order valence-corrected chi connectivity index (χ4v) is 8.54. The van der Waals surface area contributed by atoms with E-state index in [2.05, 4.69) is 195 Å². The maximum Gasteiger partial charge on any atom is 0.0546 e. The van der Waals surface area contributed by atoms with Crippen molar-refractivity contribution in [2.75, 3.05) is 4.90 Å². The SMILES string of the molecule is CC1(C)c2ccccc2-c2ccc(-c3ccc(N(c4ccc(-c5ccccc5)cc4)c4ccc5cccc6c5c4-c4ccccc4-6)cc3)cc21. The lowest BCUT2D eigenvalue weighted by Crippen LogP contribution is -2.14. The van der Waals surface area contributed by atoms with E-state index in [1.807, 2.05) is 0 Å². The third-order valence-electron chi connectivity index (χ3n) is 11.0. The molecule has 0 heterocycles. The molecule has 1 heteroatoms. The second kappa shape index (κ2) is 10.9. The fourth-order valence-electron chi connectivity index (χ4n) is 8.54. The molecular weight excluding hydrogens is 603 g/mol. The number of rotatable bonds is 5. The minimum atomic E-state index is -0.0293. The van der Waals surface area contributed by atoms with Crippen LogP contribution >= 0.6 is 0 Å². The highest BCUT2D eigenvalue weighted by Gasteiger charge is 2.35. The van der Waals surface area contributed by atoms with Crippen LogP contribution in [0.5, 0.6) is 0 Å². The van der Waals surface area contributed by atoms with Gasteiger partial charge in [0.25, 0.3) is 0 Å². The summed E-state index contributed by atoms with van der Waals surface area (Å²) in [6, 6.07) is 64.8. The summed E-state index contributed by atoms with van der Waals surface area (Å²) in [6.07, 6.45) is 0. The van der Waals surface area contributed by atoms with Gasteiger partial charge in [0.1, 0.15) is 0 Å². The third-order valence-corrected chi connectivity index (χ3v) is 11.0. The van der Waals surface area contributed by atoms with Gasteiger partial charge in [0.2, 0.25) is 0 Å². The van der Waals surface area contributed by atoms with Crippen LogP contribution < -0.4 is 4.90 Å². The minimum absolute atomic E-state index is 0.0293. The second-order valence-electron chi connectivity index (χ2n) is 14.1. The van der Waals surface area contributed by atoms with E-state index >= 15 is 0 Å². The molecule has 0 amide bonds. The number of hydrogen-bond acceptors (Lipinski definition) is 1. The normalized spacial score (nSPS) is 13.2. The van der Waals surface area contributed by atoms with Crippen LogP contribution in [0.25, 0.3) is 66.4 Å². The number of fused-ring (bicyclic) bond motifs is 6. The first-order chi connectivity index (χ1) is 24.6. The van der Waals surface area contributed by atoms with Gasteiger partial charge in [-0.05, 0) is 108 Å². The van der Waals surface area contributed by atoms with Crippen molar-refractivity contribution in [3.8, 4) is 55.6 Å². The smallest absolute Gasteiger partial charge is 0.0546 e. The molecule has 0 atom stereocenters. The molecule has 0 saturated heterocycles. The molecule has 236 valence electrons. The molecule has 0 bridgehead atoms. The molecule has 0 fully saturated rings. The zero-order valence-electron chi connectivity index (χ0n) is 28.2. The summed E-state index contributed by atoms with van der Waals surface area (Å²) in [5.74, 6) is 0. The molecule has 1 nitrogen and oxygen atoms in total. The van der Waals surface area contributed by atoms with E-state index in [4.69, 9.17) is 0 Å². The van der Waals surface area contributed by atoms with E-state index in [0.29, 0.717) is 0 Å². The number of anilines is 3. The van der Waals surface area contributed by atoms with Gasteiger partial charge in [-0.3, -0.25) is 0 Å². The molecule has 0 radical (unpaired) electrons. The zero-order chi connectivity index (χ0) is 33.4. The standard InChI is InChI=1S/C49H35N/c1-49(2)44-18-9-8-15-40(44)41-29-23-36(31-45(41)49)34-21-27-38(28-22-34)50(37-25-19-33(20-26-37)32-11-4-3-5-12-32)46-30-24-35-13-10-17-42-39-14-6-7-16-43(39)48(46)47(35)42/h3-31H,1-2H3. The maximum atomic E-state index is 2.44. The van der Waals surface area contributed by atoms with E-state index in [1.165, 1.54) is 83.2 Å². The molecule has 0 spiro atoms. The zero-order valence-corrected chi connectivity index (χ0v) is 28.2. The highest BCUT2D eigenvalue weighted by Crippen LogP contribution is 2.54. The monoisotopic (exact) mass is 637 g/mol. The lowest BCUT2D eigenvalue weighted by molar-refractivity contribution is 0.660. The Balaban J connectivity index is 1.11. The van der Waals surface area contributed by atoms with Gasteiger partial charge in [0.05, 0.1) is 5.69 Å². The van der Waals surface area contributed by atoms with Gasteiger partial charge in [-0.15, -0.1) is 0 Å². The van der Waals surface area contributed by atoms with Crippen LogP contribution in [0.15, 0.2) is 176 Å². The summed E-state index contributed by atoms with van der Waals surface area (Å²) in [7, 11) is 0. The molecule has 2 aliphatic carbocycles. The van der Waals surface area contributed by atoms with E-state index in [9.17, 15) is 0 Å². The van der Waals surface area contributed by atoms with Crippen molar-refractivity contribution in [2.45, 2.75) is 19.3 Å². The Labute approximate surface area is 293 Å². The predicted molar refractivity (Wildman–Crippen MR) is 211 cm³/mol. The average molecular weight is 638 g/mol. The Morgan fingerprint density at radius 1 is 0.380 bits per heavy atom. The summed E-state index contributed by atoms with van der Waals surface area (Å²) < 4.78 is 0. The molecule has 0 aromatic heterocycles. The Morgan fingerprint density at radius 2 is 0.940 bits per heavy atom.